The molecule has 0 aromatic carbocycles. The maximum Gasteiger partial charge on any atom is 0.286 e. The highest BCUT2D eigenvalue weighted by Gasteiger charge is 2.02. The fourth-order valence-electron chi connectivity index (χ4n) is 0.491. The van der Waals surface area contributed by atoms with Gasteiger partial charge < -0.3 is 0 Å². The topological polar surface area (TPSA) is 34.9 Å². The summed E-state index contributed by atoms with van der Waals surface area (Å²) in [4.78, 5) is 10.9. The minimum absolute atomic E-state index is 0.164. The monoisotopic (exact) mass is 222 g/mol. The number of hydrogen-bond acceptors (Lipinski definition) is 2. The summed E-state index contributed by atoms with van der Waals surface area (Å²) in [5.41, 5.74) is -0.295. The van der Waals surface area contributed by atoms with Gasteiger partial charge in [0.1, 0.15) is 5.02 Å². The highest BCUT2D eigenvalue weighted by Crippen LogP contribution is 2.14. The van der Waals surface area contributed by atoms with Crippen molar-refractivity contribution in [2.45, 2.75) is 0 Å². The van der Waals surface area contributed by atoms with Crippen molar-refractivity contribution >= 4 is 27.5 Å². The van der Waals surface area contributed by atoms with Crippen LogP contribution in [0.1, 0.15) is 0 Å². The lowest BCUT2D eigenvalue weighted by Crippen LogP contribution is -2.19. The molecule has 0 bridgehead atoms. The van der Waals surface area contributed by atoms with Crippen LogP contribution in [0.2, 0.25) is 5.02 Å². The maximum atomic E-state index is 10.9. The predicted molar refractivity (Wildman–Crippen MR) is 42.2 cm³/mol. The molecule has 0 N–H and O–H groups in total. The highest BCUT2D eigenvalue weighted by atomic mass is 79.9. The van der Waals surface area contributed by atoms with Gasteiger partial charge in [-0.3, -0.25) is 4.79 Å². The summed E-state index contributed by atoms with van der Waals surface area (Å²) in [6.45, 7) is 0. The summed E-state index contributed by atoms with van der Waals surface area (Å²) in [5, 5.41) is 3.88. The van der Waals surface area contributed by atoms with E-state index in [0.717, 1.165) is 0 Å². The van der Waals surface area contributed by atoms with Crippen molar-refractivity contribution in [3.05, 3.63) is 26.0 Å². The van der Waals surface area contributed by atoms with Crippen molar-refractivity contribution in [3.63, 3.8) is 0 Å². The lowest BCUT2D eigenvalue weighted by molar-refractivity contribution is 0.705. The Bertz CT molecular complexity index is 309. The lowest BCUT2D eigenvalue weighted by atomic mass is 10.6. The van der Waals surface area contributed by atoms with Gasteiger partial charge in [-0.25, -0.2) is 4.68 Å². The van der Waals surface area contributed by atoms with Gasteiger partial charge in [0, 0.05) is 7.05 Å². The molecule has 1 aromatic heterocycles. The zero-order chi connectivity index (χ0) is 7.72. The smallest absolute Gasteiger partial charge is 0.266 e. The molecule has 0 aliphatic rings. The van der Waals surface area contributed by atoms with Crippen LogP contribution in [0.15, 0.2) is 15.5 Å². The Morgan fingerprint density at radius 2 is 2.40 bits per heavy atom. The summed E-state index contributed by atoms with van der Waals surface area (Å²) in [6, 6.07) is 0. The van der Waals surface area contributed by atoms with Crippen LogP contribution in [0, 0.1) is 0 Å². The van der Waals surface area contributed by atoms with Gasteiger partial charge in [0.2, 0.25) is 0 Å². The van der Waals surface area contributed by atoms with Crippen LogP contribution in [-0.2, 0) is 7.05 Å². The number of halogens is 2. The van der Waals surface area contributed by atoms with Crippen molar-refractivity contribution in [2.75, 3.05) is 0 Å². The first-order valence-corrected chi connectivity index (χ1v) is 3.67. The van der Waals surface area contributed by atoms with E-state index in [9.17, 15) is 4.79 Å². The van der Waals surface area contributed by atoms with E-state index in [1.54, 1.807) is 7.05 Å². The summed E-state index contributed by atoms with van der Waals surface area (Å²) in [5.74, 6) is 0. The van der Waals surface area contributed by atoms with Crippen molar-refractivity contribution in [1.29, 1.82) is 0 Å². The van der Waals surface area contributed by atoms with Gasteiger partial charge in [-0.15, -0.1) is 0 Å². The SMILES string of the molecule is Cn1ncc(Br)c(Cl)c1=O. The van der Waals surface area contributed by atoms with Crippen LogP contribution in [0.4, 0.5) is 0 Å². The van der Waals surface area contributed by atoms with Gasteiger partial charge in [-0.1, -0.05) is 11.6 Å². The number of aryl methyl sites for hydroxylation is 1. The van der Waals surface area contributed by atoms with Gasteiger partial charge in [0.15, 0.2) is 0 Å². The molecule has 0 atom stereocenters. The van der Waals surface area contributed by atoms with Gasteiger partial charge in [0.25, 0.3) is 5.56 Å². The van der Waals surface area contributed by atoms with E-state index in [0.29, 0.717) is 4.47 Å². The van der Waals surface area contributed by atoms with E-state index < -0.39 is 0 Å². The molecule has 0 saturated carbocycles. The molecule has 0 radical (unpaired) electrons. The Hall–Kier alpha value is -0.350. The van der Waals surface area contributed by atoms with Crippen LogP contribution in [0.3, 0.4) is 0 Å². The van der Waals surface area contributed by atoms with Crippen molar-refractivity contribution in [2.24, 2.45) is 7.05 Å². The molecule has 0 unspecified atom stereocenters. The first-order chi connectivity index (χ1) is 4.63. The van der Waals surface area contributed by atoms with Gasteiger partial charge >= 0.3 is 0 Å². The van der Waals surface area contributed by atoms with Gasteiger partial charge in [-0.05, 0) is 15.9 Å². The number of aromatic nitrogens is 2. The predicted octanol–water partition coefficient (Wildman–Crippen LogP) is 1.20. The van der Waals surface area contributed by atoms with E-state index in [4.69, 9.17) is 11.6 Å². The van der Waals surface area contributed by atoms with E-state index in [-0.39, 0.29) is 10.6 Å². The second kappa shape index (κ2) is 2.72. The minimum atomic E-state index is -0.295. The largest absolute Gasteiger partial charge is 0.286 e. The Balaban J connectivity index is 3.50. The lowest BCUT2D eigenvalue weighted by Gasteiger charge is -1.96. The summed E-state index contributed by atoms with van der Waals surface area (Å²) < 4.78 is 1.70. The second-order valence-corrected chi connectivity index (χ2v) is 2.97. The first-order valence-electron chi connectivity index (χ1n) is 2.50. The van der Waals surface area contributed by atoms with Crippen molar-refractivity contribution < 1.29 is 0 Å². The third-order valence-electron chi connectivity index (χ3n) is 1.04. The molecule has 1 rings (SSSR count). The third kappa shape index (κ3) is 1.22. The molecule has 0 aliphatic heterocycles. The Morgan fingerprint density at radius 3 is 2.90 bits per heavy atom. The number of rotatable bonds is 0. The molecule has 0 amide bonds. The molecule has 1 aromatic rings. The molecule has 5 heteroatoms. The molecule has 10 heavy (non-hydrogen) atoms. The van der Waals surface area contributed by atoms with Gasteiger partial charge in [0.05, 0.1) is 10.7 Å². The highest BCUT2D eigenvalue weighted by molar-refractivity contribution is 9.10. The molecular formula is C5H4BrClN2O. The van der Waals surface area contributed by atoms with E-state index in [1.807, 2.05) is 0 Å². The fourth-order valence-corrected chi connectivity index (χ4v) is 0.923. The van der Waals surface area contributed by atoms with Crippen LogP contribution in [0.25, 0.3) is 0 Å². The summed E-state index contributed by atoms with van der Waals surface area (Å²) in [6.07, 6.45) is 1.48. The first kappa shape index (κ1) is 7.75. The molecule has 0 spiro atoms. The van der Waals surface area contributed by atoms with E-state index in [2.05, 4.69) is 21.0 Å². The maximum absolute atomic E-state index is 10.9. The summed E-state index contributed by atoms with van der Waals surface area (Å²) in [7, 11) is 1.54. The van der Waals surface area contributed by atoms with E-state index in [1.165, 1.54) is 10.9 Å². The average molecular weight is 223 g/mol. The normalized spacial score (nSPS) is 9.90. The van der Waals surface area contributed by atoms with Crippen LogP contribution >= 0.6 is 27.5 Å². The molecule has 1 heterocycles. The van der Waals surface area contributed by atoms with Crippen LogP contribution < -0.4 is 5.56 Å². The van der Waals surface area contributed by atoms with Crippen molar-refractivity contribution in [1.82, 2.24) is 9.78 Å². The Kier molecular flexibility index (Phi) is 2.11. The number of hydrogen-bond donors (Lipinski definition) is 0. The Labute approximate surface area is 70.7 Å². The molecule has 0 saturated heterocycles. The minimum Gasteiger partial charge on any atom is -0.266 e. The van der Waals surface area contributed by atoms with Crippen molar-refractivity contribution in [3.8, 4) is 0 Å². The van der Waals surface area contributed by atoms with Crippen LogP contribution in [-0.4, -0.2) is 9.78 Å². The van der Waals surface area contributed by atoms with E-state index >= 15 is 0 Å². The third-order valence-corrected chi connectivity index (χ3v) is 2.23. The standard InChI is InChI=1S/C5H4BrClN2O/c1-9-5(10)4(7)3(6)2-8-9/h2H,1H3. The van der Waals surface area contributed by atoms with Gasteiger partial charge in [-0.2, -0.15) is 5.10 Å². The molecular weight excluding hydrogens is 219 g/mol. The average Bonchev–Trinajstić information content (AvgIpc) is 1.93. The summed E-state index contributed by atoms with van der Waals surface area (Å²) >= 11 is 8.64. The number of nitrogens with zero attached hydrogens (tertiary/aromatic N) is 2. The van der Waals surface area contributed by atoms with Crippen LogP contribution in [0.5, 0.6) is 0 Å². The molecule has 3 nitrogen and oxygen atoms in total. The molecule has 54 valence electrons. The second-order valence-electron chi connectivity index (χ2n) is 1.74. The molecule has 0 fully saturated rings. The zero-order valence-electron chi connectivity index (χ0n) is 5.14. The fraction of sp³-hybridized carbons (Fsp3) is 0.200. The molecule has 0 aliphatic carbocycles. The zero-order valence-corrected chi connectivity index (χ0v) is 7.48. The quantitative estimate of drug-likeness (QED) is 0.662. The Morgan fingerprint density at radius 1 is 1.80 bits per heavy atom.